The van der Waals surface area contributed by atoms with Gasteiger partial charge in [-0.2, -0.15) is 13.2 Å². The highest BCUT2D eigenvalue weighted by molar-refractivity contribution is 4.96. The summed E-state index contributed by atoms with van der Waals surface area (Å²) in [6, 6.07) is 0. The molecule has 1 aromatic heterocycles. The quantitative estimate of drug-likeness (QED) is 0.786. The van der Waals surface area contributed by atoms with E-state index in [-0.39, 0.29) is 13.1 Å². The molecule has 3 nitrogen and oxygen atoms in total. The zero-order valence-corrected chi connectivity index (χ0v) is 6.88. The highest BCUT2D eigenvalue weighted by Gasteiger charge is 2.26. The summed E-state index contributed by atoms with van der Waals surface area (Å²) in [7, 11) is 0. The van der Waals surface area contributed by atoms with Crippen LogP contribution in [0.3, 0.4) is 0 Å². The molecule has 0 spiro atoms. The van der Waals surface area contributed by atoms with E-state index in [0.717, 1.165) is 0 Å². The first kappa shape index (κ1) is 10.0. The van der Waals surface area contributed by atoms with Gasteiger partial charge in [0, 0.05) is 19.3 Å². The molecule has 0 aliphatic carbocycles. The van der Waals surface area contributed by atoms with Crippen LogP contribution in [-0.4, -0.2) is 15.7 Å². The van der Waals surface area contributed by atoms with Gasteiger partial charge in [0.2, 0.25) is 0 Å². The van der Waals surface area contributed by atoms with E-state index in [2.05, 4.69) is 4.98 Å². The summed E-state index contributed by atoms with van der Waals surface area (Å²) in [6.07, 6.45) is -2.16. The van der Waals surface area contributed by atoms with Crippen molar-refractivity contribution in [1.29, 1.82) is 0 Å². The van der Waals surface area contributed by atoms with E-state index in [9.17, 15) is 13.2 Å². The molecule has 0 aliphatic heterocycles. The van der Waals surface area contributed by atoms with E-state index >= 15 is 0 Å². The summed E-state index contributed by atoms with van der Waals surface area (Å²) >= 11 is 0. The number of alkyl halides is 3. The van der Waals surface area contributed by atoms with E-state index in [1.165, 1.54) is 17.1 Å². The highest BCUT2D eigenvalue weighted by atomic mass is 19.4. The third-order valence-electron chi connectivity index (χ3n) is 1.64. The SMILES string of the molecule is NCc1cncn1CCC(F)(F)F. The van der Waals surface area contributed by atoms with Crippen molar-refractivity contribution < 1.29 is 13.2 Å². The van der Waals surface area contributed by atoms with Gasteiger partial charge in [-0.1, -0.05) is 0 Å². The van der Waals surface area contributed by atoms with Gasteiger partial charge < -0.3 is 10.3 Å². The molecule has 1 heterocycles. The number of imidazole rings is 1. The third-order valence-corrected chi connectivity index (χ3v) is 1.64. The van der Waals surface area contributed by atoms with Gasteiger partial charge in [0.05, 0.1) is 18.4 Å². The molecule has 0 amide bonds. The van der Waals surface area contributed by atoms with E-state index in [1.54, 1.807) is 0 Å². The lowest BCUT2D eigenvalue weighted by atomic mass is 10.4. The Morgan fingerprint density at radius 1 is 1.46 bits per heavy atom. The molecular weight excluding hydrogens is 183 g/mol. The molecule has 1 rings (SSSR count). The second-order valence-corrected chi connectivity index (χ2v) is 2.65. The number of nitrogens with two attached hydrogens (primary N) is 1. The van der Waals surface area contributed by atoms with Crippen LogP contribution in [0.25, 0.3) is 0 Å². The van der Waals surface area contributed by atoms with Gasteiger partial charge in [-0.15, -0.1) is 0 Å². The van der Waals surface area contributed by atoms with Crippen molar-refractivity contribution in [3.8, 4) is 0 Å². The van der Waals surface area contributed by atoms with E-state index < -0.39 is 12.6 Å². The number of hydrogen-bond donors (Lipinski definition) is 1. The molecule has 0 saturated carbocycles. The smallest absolute Gasteiger partial charge is 0.333 e. The summed E-state index contributed by atoms with van der Waals surface area (Å²) in [5.41, 5.74) is 5.91. The second kappa shape index (κ2) is 3.78. The largest absolute Gasteiger partial charge is 0.390 e. The van der Waals surface area contributed by atoms with Crippen molar-refractivity contribution >= 4 is 0 Å². The van der Waals surface area contributed by atoms with Crippen molar-refractivity contribution in [3.63, 3.8) is 0 Å². The fourth-order valence-corrected chi connectivity index (χ4v) is 0.967. The number of halogens is 3. The normalized spacial score (nSPS) is 12.0. The molecule has 0 unspecified atom stereocenters. The Morgan fingerprint density at radius 2 is 2.15 bits per heavy atom. The molecule has 0 radical (unpaired) electrons. The first-order valence-electron chi connectivity index (χ1n) is 3.79. The van der Waals surface area contributed by atoms with Crippen LogP contribution < -0.4 is 5.73 Å². The first-order valence-corrected chi connectivity index (χ1v) is 3.79. The van der Waals surface area contributed by atoms with Gasteiger partial charge in [-0.3, -0.25) is 0 Å². The molecule has 0 atom stereocenters. The van der Waals surface area contributed by atoms with E-state index in [4.69, 9.17) is 5.73 Å². The van der Waals surface area contributed by atoms with Crippen LogP contribution in [0, 0.1) is 0 Å². The average molecular weight is 193 g/mol. The Balaban J connectivity index is 2.54. The van der Waals surface area contributed by atoms with Crippen LogP contribution in [0.2, 0.25) is 0 Å². The lowest BCUT2D eigenvalue weighted by Crippen LogP contribution is -2.14. The molecule has 74 valence electrons. The minimum absolute atomic E-state index is 0.115. The number of nitrogens with zero attached hydrogens (tertiary/aromatic N) is 2. The third kappa shape index (κ3) is 3.06. The number of aromatic nitrogens is 2. The van der Waals surface area contributed by atoms with Gasteiger partial charge in [0.15, 0.2) is 0 Å². The first-order chi connectivity index (χ1) is 6.03. The molecule has 13 heavy (non-hydrogen) atoms. The molecule has 0 saturated heterocycles. The Kier molecular flexibility index (Phi) is 2.92. The molecule has 0 aromatic carbocycles. The van der Waals surface area contributed by atoms with Gasteiger partial charge in [0.25, 0.3) is 0 Å². The maximum absolute atomic E-state index is 11.8. The summed E-state index contributed by atoms with van der Waals surface area (Å²) in [6.45, 7) is 0.0912. The van der Waals surface area contributed by atoms with E-state index in [1.807, 2.05) is 0 Å². The van der Waals surface area contributed by atoms with Crippen LogP contribution in [0.1, 0.15) is 12.1 Å². The summed E-state index contributed by atoms with van der Waals surface area (Å²) < 4.78 is 36.9. The topological polar surface area (TPSA) is 43.8 Å². The van der Waals surface area contributed by atoms with Gasteiger partial charge >= 0.3 is 6.18 Å². The molecule has 6 heteroatoms. The van der Waals surface area contributed by atoms with Crippen molar-refractivity contribution in [2.24, 2.45) is 5.73 Å². The molecule has 1 aromatic rings. The van der Waals surface area contributed by atoms with Crippen molar-refractivity contribution in [3.05, 3.63) is 18.2 Å². The van der Waals surface area contributed by atoms with Gasteiger partial charge in [-0.25, -0.2) is 4.98 Å². The average Bonchev–Trinajstić information content (AvgIpc) is 2.46. The highest BCUT2D eigenvalue weighted by Crippen LogP contribution is 2.20. The second-order valence-electron chi connectivity index (χ2n) is 2.65. The minimum atomic E-state index is -4.13. The van der Waals surface area contributed by atoms with Crippen LogP contribution >= 0.6 is 0 Å². The zero-order chi connectivity index (χ0) is 9.90. The monoisotopic (exact) mass is 193 g/mol. The Hall–Kier alpha value is -1.04. The standard InChI is InChI=1S/C7H10F3N3/c8-7(9,10)1-2-13-5-12-4-6(13)3-11/h4-5H,1-3,11H2. The van der Waals surface area contributed by atoms with E-state index in [0.29, 0.717) is 5.69 Å². The number of aryl methyl sites for hydroxylation is 1. The van der Waals surface area contributed by atoms with Crippen LogP contribution in [-0.2, 0) is 13.1 Å². The Bertz CT molecular complexity index is 266. The summed E-state index contributed by atoms with van der Waals surface area (Å²) in [5, 5.41) is 0. The lowest BCUT2D eigenvalue weighted by molar-refractivity contribution is -0.136. The van der Waals surface area contributed by atoms with Crippen molar-refractivity contribution in [2.75, 3.05) is 0 Å². The summed E-state index contributed by atoms with van der Waals surface area (Å²) in [5.74, 6) is 0. The lowest BCUT2D eigenvalue weighted by Gasteiger charge is -2.08. The minimum Gasteiger partial charge on any atom is -0.333 e. The van der Waals surface area contributed by atoms with Gasteiger partial charge in [0.1, 0.15) is 0 Å². The predicted octanol–water partition coefficient (Wildman–Crippen LogP) is 1.29. The summed E-state index contributed by atoms with van der Waals surface area (Å²) in [4.78, 5) is 3.71. The van der Waals surface area contributed by atoms with Crippen LogP contribution in [0.4, 0.5) is 13.2 Å². The molecule has 2 N–H and O–H groups in total. The zero-order valence-electron chi connectivity index (χ0n) is 6.88. The Labute approximate surface area is 73.4 Å². The maximum Gasteiger partial charge on any atom is 0.390 e. The molecular formula is C7H10F3N3. The van der Waals surface area contributed by atoms with Crippen LogP contribution in [0.15, 0.2) is 12.5 Å². The predicted molar refractivity (Wildman–Crippen MR) is 40.8 cm³/mol. The molecule has 0 aliphatic rings. The fourth-order valence-electron chi connectivity index (χ4n) is 0.967. The van der Waals surface area contributed by atoms with Crippen molar-refractivity contribution in [2.45, 2.75) is 25.7 Å². The number of hydrogen-bond acceptors (Lipinski definition) is 2. The fraction of sp³-hybridized carbons (Fsp3) is 0.571. The molecule has 0 bridgehead atoms. The number of rotatable bonds is 3. The van der Waals surface area contributed by atoms with Gasteiger partial charge in [-0.05, 0) is 0 Å². The Morgan fingerprint density at radius 3 is 2.69 bits per heavy atom. The maximum atomic E-state index is 11.8. The van der Waals surface area contributed by atoms with Crippen LogP contribution in [0.5, 0.6) is 0 Å². The molecule has 0 fully saturated rings. The van der Waals surface area contributed by atoms with Crippen molar-refractivity contribution in [1.82, 2.24) is 9.55 Å².